The van der Waals surface area contributed by atoms with Crippen LogP contribution < -0.4 is 21.0 Å². The number of para-hydroxylation sites is 1. The Bertz CT molecular complexity index is 1030. The van der Waals surface area contributed by atoms with Gasteiger partial charge in [0, 0.05) is 6.20 Å². The average molecular weight is 541 g/mol. The van der Waals surface area contributed by atoms with E-state index in [-0.39, 0.29) is 30.4 Å². The summed E-state index contributed by atoms with van der Waals surface area (Å²) >= 11 is 0. The predicted molar refractivity (Wildman–Crippen MR) is 138 cm³/mol. The number of benzene rings is 1. The Labute approximate surface area is 217 Å². The van der Waals surface area contributed by atoms with Gasteiger partial charge in [0.25, 0.3) is 0 Å². The van der Waals surface area contributed by atoms with Crippen LogP contribution in [0.4, 0.5) is 5.82 Å². The first kappa shape index (κ1) is 30.6. The maximum absolute atomic E-state index is 12.2. The largest absolute Gasteiger partial charge is 0.468 e. The van der Waals surface area contributed by atoms with E-state index in [1.54, 1.807) is 12.3 Å². The SMILES string of the molecule is CC(C)(O)O.COC(=O)C(NP(OCC1CCC(n2ccc(N)nc2=O)O1)Oc1ccccc1)C(C)C. The molecule has 5 N–H and O–H groups in total. The molecular weight excluding hydrogens is 503 g/mol. The molecule has 4 atom stereocenters. The molecule has 13 heteroatoms. The van der Waals surface area contributed by atoms with E-state index in [4.69, 9.17) is 34.5 Å². The van der Waals surface area contributed by atoms with Gasteiger partial charge >= 0.3 is 20.2 Å². The zero-order chi connectivity index (χ0) is 27.6. The monoisotopic (exact) mass is 540 g/mol. The molecule has 1 aliphatic rings. The Morgan fingerprint density at radius 1 is 1.27 bits per heavy atom. The minimum absolute atomic E-state index is 0.0348. The molecule has 206 valence electrons. The Kier molecular flexibility index (Phi) is 11.9. The second-order valence-corrected chi connectivity index (χ2v) is 10.4. The molecule has 1 aromatic heterocycles. The van der Waals surface area contributed by atoms with Crippen molar-refractivity contribution in [1.82, 2.24) is 14.6 Å². The van der Waals surface area contributed by atoms with Crippen LogP contribution in [-0.2, 0) is 18.8 Å². The second kappa shape index (κ2) is 14.4. The molecule has 0 amide bonds. The van der Waals surface area contributed by atoms with Crippen LogP contribution in [0.2, 0.25) is 0 Å². The second-order valence-electron chi connectivity index (χ2n) is 9.16. The van der Waals surface area contributed by atoms with Crippen molar-refractivity contribution in [2.75, 3.05) is 19.5 Å². The molecule has 37 heavy (non-hydrogen) atoms. The van der Waals surface area contributed by atoms with Crippen LogP contribution in [0, 0.1) is 5.92 Å². The van der Waals surface area contributed by atoms with Gasteiger partial charge in [-0.3, -0.25) is 9.36 Å². The molecule has 3 rings (SSSR count). The van der Waals surface area contributed by atoms with E-state index in [0.717, 1.165) is 0 Å². The average Bonchev–Trinajstić information content (AvgIpc) is 3.28. The van der Waals surface area contributed by atoms with E-state index >= 15 is 0 Å². The van der Waals surface area contributed by atoms with Gasteiger partial charge in [-0.05, 0) is 50.8 Å². The number of nitrogens with zero attached hydrogens (tertiary/aromatic N) is 2. The molecule has 0 aliphatic carbocycles. The Morgan fingerprint density at radius 2 is 1.92 bits per heavy atom. The van der Waals surface area contributed by atoms with Crippen LogP contribution in [0.25, 0.3) is 0 Å². The highest BCUT2D eigenvalue weighted by Crippen LogP contribution is 2.38. The summed E-state index contributed by atoms with van der Waals surface area (Å²) < 4.78 is 24.3. The lowest BCUT2D eigenvalue weighted by Crippen LogP contribution is -2.40. The van der Waals surface area contributed by atoms with Crippen molar-refractivity contribution in [2.24, 2.45) is 5.92 Å². The van der Waals surface area contributed by atoms with E-state index in [0.29, 0.717) is 18.6 Å². The minimum atomic E-state index is -1.67. The van der Waals surface area contributed by atoms with Gasteiger partial charge < -0.3 is 34.5 Å². The number of anilines is 1. The fourth-order valence-corrected chi connectivity index (χ4v) is 4.62. The number of nitrogens with one attached hydrogen (secondary N) is 1. The summed E-state index contributed by atoms with van der Waals surface area (Å²) in [6, 6.07) is 10.2. The molecule has 1 aromatic carbocycles. The smallest absolute Gasteiger partial charge is 0.351 e. The number of hydrogen-bond donors (Lipinski definition) is 4. The predicted octanol–water partition coefficient (Wildman–Crippen LogP) is 2.32. The van der Waals surface area contributed by atoms with Crippen molar-refractivity contribution >= 4 is 20.3 Å². The molecule has 2 heterocycles. The third-order valence-electron chi connectivity index (χ3n) is 4.92. The van der Waals surface area contributed by atoms with Crippen molar-refractivity contribution in [1.29, 1.82) is 0 Å². The van der Waals surface area contributed by atoms with E-state index in [2.05, 4.69) is 10.1 Å². The van der Waals surface area contributed by atoms with Crippen molar-refractivity contribution < 1.29 is 33.5 Å². The molecule has 0 spiro atoms. The number of carbonyl (C=O) groups excluding carboxylic acids is 1. The molecule has 1 saturated heterocycles. The number of nitrogens with two attached hydrogens (primary N) is 1. The van der Waals surface area contributed by atoms with Crippen molar-refractivity contribution in [3.05, 3.63) is 53.1 Å². The van der Waals surface area contributed by atoms with Gasteiger partial charge in [-0.2, -0.15) is 4.98 Å². The van der Waals surface area contributed by atoms with Gasteiger partial charge in [0.2, 0.25) is 0 Å². The van der Waals surface area contributed by atoms with Crippen LogP contribution in [0.5, 0.6) is 5.75 Å². The summed E-state index contributed by atoms with van der Waals surface area (Å²) in [4.78, 5) is 28.0. The number of rotatable bonds is 10. The molecule has 0 saturated carbocycles. The van der Waals surface area contributed by atoms with Crippen molar-refractivity contribution in [3.63, 3.8) is 0 Å². The van der Waals surface area contributed by atoms with Gasteiger partial charge in [-0.25, -0.2) is 9.88 Å². The standard InChI is InChI=1S/C21H29N4O6P.C3H8O2/c1-14(2)19(20(26)28-3)24-32(31-15-7-5-4-6-8-15)29-13-16-9-10-18(30-16)25-12-11-17(22)23-21(25)27;1-3(2,4)5/h4-8,11-12,14,16,18-19,24H,9-10,13H2,1-3H3,(H2,22,23,27);4-5H,1-2H3. The fraction of sp³-hybridized carbons (Fsp3) is 0.542. The minimum Gasteiger partial charge on any atom is -0.468 e. The summed E-state index contributed by atoms with van der Waals surface area (Å²) in [5.74, 6) is -1.14. The molecule has 1 aliphatic heterocycles. The maximum atomic E-state index is 12.2. The Morgan fingerprint density at radius 3 is 2.49 bits per heavy atom. The number of carbonyl (C=O) groups is 1. The van der Waals surface area contributed by atoms with Crippen LogP contribution in [0.15, 0.2) is 47.4 Å². The molecule has 0 radical (unpaired) electrons. The normalized spacial score (nSPS) is 19.0. The quantitative estimate of drug-likeness (QED) is 0.198. The third-order valence-corrected chi connectivity index (χ3v) is 6.17. The maximum Gasteiger partial charge on any atom is 0.351 e. The zero-order valence-corrected chi connectivity index (χ0v) is 22.6. The van der Waals surface area contributed by atoms with Crippen LogP contribution in [0.3, 0.4) is 0 Å². The number of ether oxygens (including phenoxy) is 2. The number of aliphatic hydroxyl groups is 2. The van der Waals surface area contributed by atoms with Gasteiger partial charge in [-0.1, -0.05) is 32.0 Å². The molecule has 12 nitrogen and oxygen atoms in total. The fourth-order valence-electron chi connectivity index (χ4n) is 3.19. The molecule has 4 unspecified atom stereocenters. The number of methoxy groups -OCH3 is 1. The topological polar surface area (TPSA) is 167 Å². The van der Waals surface area contributed by atoms with Crippen LogP contribution in [0.1, 0.15) is 46.8 Å². The number of nitrogen functional groups attached to an aromatic ring is 1. The first-order valence-electron chi connectivity index (χ1n) is 11.8. The van der Waals surface area contributed by atoms with Gasteiger partial charge in [0.05, 0.1) is 19.8 Å². The van der Waals surface area contributed by atoms with Crippen LogP contribution >= 0.6 is 8.53 Å². The summed E-state index contributed by atoms with van der Waals surface area (Å²) in [5, 5.41) is 19.3. The summed E-state index contributed by atoms with van der Waals surface area (Å²) in [5.41, 5.74) is 5.10. The summed E-state index contributed by atoms with van der Waals surface area (Å²) in [7, 11) is -0.322. The van der Waals surface area contributed by atoms with Crippen molar-refractivity contribution in [3.8, 4) is 5.75 Å². The first-order valence-corrected chi connectivity index (χ1v) is 13.0. The van der Waals surface area contributed by atoms with Gasteiger partial charge in [-0.15, -0.1) is 0 Å². The van der Waals surface area contributed by atoms with E-state index < -0.39 is 32.3 Å². The summed E-state index contributed by atoms with van der Waals surface area (Å²) in [6.45, 7) is 6.65. The number of aromatic nitrogens is 2. The molecule has 1 fully saturated rings. The van der Waals surface area contributed by atoms with Crippen LogP contribution in [-0.4, -0.2) is 57.4 Å². The van der Waals surface area contributed by atoms with Crippen molar-refractivity contribution in [2.45, 2.75) is 64.7 Å². The molecular formula is C24H37N4O8P. The lowest BCUT2D eigenvalue weighted by Gasteiger charge is -2.26. The zero-order valence-electron chi connectivity index (χ0n) is 21.7. The van der Waals surface area contributed by atoms with Gasteiger partial charge in [0.1, 0.15) is 23.8 Å². The molecule has 2 aromatic rings. The molecule has 0 bridgehead atoms. The van der Waals surface area contributed by atoms with E-state index in [1.165, 1.54) is 25.5 Å². The van der Waals surface area contributed by atoms with E-state index in [1.807, 2.05) is 44.2 Å². The Hall–Kier alpha value is -2.60. The number of esters is 1. The number of hydrogen-bond acceptors (Lipinski definition) is 11. The summed E-state index contributed by atoms with van der Waals surface area (Å²) in [6.07, 6.45) is 2.24. The highest BCUT2D eigenvalue weighted by Gasteiger charge is 2.32. The Balaban J connectivity index is 0.000000877. The van der Waals surface area contributed by atoms with Gasteiger partial charge in [0.15, 0.2) is 5.79 Å². The third kappa shape index (κ3) is 11.1. The lowest BCUT2D eigenvalue weighted by molar-refractivity contribution is -0.143. The first-order chi connectivity index (χ1) is 17.4. The highest BCUT2D eigenvalue weighted by atomic mass is 31.2. The highest BCUT2D eigenvalue weighted by molar-refractivity contribution is 7.45. The lowest BCUT2D eigenvalue weighted by atomic mass is 10.1. The van der Waals surface area contributed by atoms with E-state index in [9.17, 15) is 9.59 Å².